The normalized spacial score (nSPS) is 25.7. The predicted octanol–water partition coefficient (Wildman–Crippen LogP) is 1.64. The summed E-state index contributed by atoms with van der Waals surface area (Å²) in [6, 6.07) is -0.289. The second kappa shape index (κ2) is 8.02. The molecule has 2 saturated heterocycles. The largest absolute Gasteiger partial charge is 0.432 e. The third-order valence-electron chi connectivity index (χ3n) is 5.46. The molecule has 28 heavy (non-hydrogen) atoms. The lowest BCUT2D eigenvalue weighted by molar-refractivity contribution is -0.141. The van der Waals surface area contributed by atoms with E-state index in [0.29, 0.717) is 38.3 Å². The van der Waals surface area contributed by atoms with E-state index >= 15 is 0 Å². The lowest BCUT2D eigenvalue weighted by Gasteiger charge is -2.34. The molecule has 3 rings (SSSR count). The van der Waals surface area contributed by atoms with Gasteiger partial charge in [-0.2, -0.15) is 13.2 Å². The molecule has 0 saturated carbocycles. The topological polar surface area (TPSA) is 86.4 Å². The van der Waals surface area contributed by atoms with Gasteiger partial charge in [-0.25, -0.2) is 13.4 Å². The molecule has 0 aromatic carbocycles. The minimum absolute atomic E-state index is 0.00181. The molecule has 0 spiro atoms. The fourth-order valence-electron chi connectivity index (χ4n) is 4.05. The van der Waals surface area contributed by atoms with Gasteiger partial charge in [0.25, 0.3) is 0 Å². The fourth-order valence-corrected chi connectivity index (χ4v) is 5.78. The number of aromatic amines is 1. The van der Waals surface area contributed by atoms with Crippen LogP contribution in [0.3, 0.4) is 0 Å². The number of hydrogen-bond acceptors (Lipinski definition) is 5. The van der Waals surface area contributed by atoms with Gasteiger partial charge in [0.2, 0.25) is 5.91 Å². The maximum atomic E-state index is 12.8. The van der Waals surface area contributed by atoms with Crippen molar-refractivity contribution in [2.75, 3.05) is 37.7 Å². The van der Waals surface area contributed by atoms with Crippen LogP contribution in [-0.2, 0) is 20.8 Å². The molecule has 1 amide bonds. The number of amides is 1. The molecule has 3 heterocycles. The smallest absolute Gasteiger partial charge is 0.338 e. The number of nitrogens with zero attached hydrogens (tertiary/aromatic N) is 3. The van der Waals surface area contributed by atoms with Crippen LogP contribution < -0.4 is 0 Å². The average molecular weight is 422 g/mol. The summed E-state index contributed by atoms with van der Waals surface area (Å²) in [5.74, 6) is 0.0636. The van der Waals surface area contributed by atoms with E-state index in [1.165, 1.54) is 0 Å². The Hall–Kier alpha value is -1.62. The molecule has 0 radical (unpaired) electrons. The summed E-state index contributed by atoms with van der Waals surface area (Å²) >= 11 is 0. The lowest BCUT2D eigenvalue weighted by atomic mass is 9.97. The summed E-state index contributed by atoms with van der Waals surface area (Å²) in [4.78, 5) is 22.5. The number of piperidine rings is 1. The summed E-state index contributed by atoms with van der Waals surface area (Å²) in [6.45, 7) is 3.51. The van der Waals surface area contributed by atoms with Crippen LogP contribution in [0.25, 0.3) is 0 Å². The summed E-state index contributed by atoms with van der Waals surface area (Å²) < 4.78 is 61.7. The van der Waals surface area contributed by atoms with E-state index in [4.69, 9.17) is 0 Å². The molecule has 0 aliphatic carbocycles. The number of likely N-dealkylation sites (N-methyl/N-ethyl adjacent to an activating group) is 1. The van der Waals surface area contributed by atoms with Gasteiger partial charge in [-0.15, -0.1) is 0 Å². The van der Waals surface area contributed by atoms with E-state index in [2.05, 4.69) is 9.97 Å². The zero-order chi connectivity index (χ0) is 20.5. The average Bonchev–Trinajstić information content (AvgIpc) is 3.22. The number of alkyl halides is 3. The van der Waals surface area contributed by atoms with E-state index in [0.717, 1.165) is 12.6 Å². The Bertz CT molecular complexity index is 809. The van der Waals surface area contributed by atoms with E-state index in [1.54, 1.807) is 4.90 Å². The molecule has 158 valence electrons. The van der Waals surface area contributed by atoms with Crippen molar-refractivity contribution in [2.45, 2.75) is 44.3 Å². The van der Waals surface area contributed by atoms with Crippen LogP contribution >= 0.6 is 0 Å². The van der Waals surface area contributed by atoms with Crippen molar-refractivity contribution in [3.05, 3.63) is 17.7 Å². The SMILES string of the molecule is CCN(C(=O)CN1CCC[C@@H](c2ncc(C(F)(F)F)[nH]2)C1)[C@@H]1CCS(=O)(=O)C1. The standard InChI is InChI=1S/C17H25F3N4O3S/c1-2-24(13-5-7-28(26,27)11-13)15(25)10-23-6-3-4-12(9-23)16-21-8-14(22-16)17(18,19)20/h8,12-13H,2-7,9-11H2,1H3,(H,21,22)/t12-,13-/m1/s1. The van der Waals surface area contributed by atoms with Crippen LogP contribution in [0, 0.1) is 0 Å². The van der Waals surface area contributed by atoms with E-state index in [-0.39, 0.29) is 35.9 Å². The Labute approximate surface area is 162 Å². The first-order valence-electron chi connectivity index (χ1n) is 9.43. The molecule has 0 bridgehead atoms. The highest BCUT2D eigenvalue weighted by molar-refractivity contribution is 7.91. The van der Waals surface area contributed by atoms with Crippen LogP contribution in [0.15, 0.2) is 6.20 Å². The van der Waals surface area contributed by atoms with E-state index in [9.17, 15) is 26.4 Å². The number of carbonyl (C=O) groups is 1. The zero-order valence-corrected chi connectivity index (χ0v) is 16.5. The summed E-state index contributed by atoms with van der Waals surface area (Å²) in [7, 11) is -3.08. The molecule has 2 atom stereocenters. The Balaban J connectivity index is 1.61. The van der Waals surface area contributed by atoms with Gasteiger partial charge in [-0.05, 0) is 32.7 Å². The van der Waals surface area contributed by atoms with Crippen LogP contribution in [0.1, 0.15) is 43.6 Å². The second-order valence-electron chi connectivity index (χ2n) is 7.49. The van der Waals surface area contributed by atoms with Gasteiger partial charge in [0.15, 0.2) is 9.84 Å². The Morgan fingerprint density at radius 1 is 1.39 bits per heavy atom. The minimum Gasteiger partial charge on any atom is -0.338 e. The van der Waals surface area contributed by atoms with Crippen molar-refractivity contribution in [3.63, 3.8) is 0 Å². The Kier molecular flexibility index (Phi) is 6.04. The Morgan fingerprint density at radius 3 is 2.71 bits per heavy atom. The van der Waals surface area contributed by atoms with Crippen molar-refractivity contribution in [3.8, 4) is 0 Å². The molecule has 1 aromatic heterocycles. The van der Waals surface area contributed by atoms with Gasteiger partial charge >= 0.3 is 6.18 Å². The second-order valence-corrected chi connectivity index (χ2v) is 9.72. The number of rotatable bonds is 5. The van der Waals surface area contributed by atoms with Crippen molar-refractivity contribution in [2.24, 2.45) is 0 Å². The molecule has 1 N–H and O–H groups in total. The van der Waals surface area contributed by atoms with Gasteiger partial charge in [0, 0.05) is 25.0 Å². The van der Waals surface area contributed by atoms with Crippen LogP contribution in [0.2, 0.25) is 0 Å². The van der Waals surface area contributed by atoms with Crippen LogP contribution in [0.4, 0.5) is 13.2 Å². The monoisotopic (exact) mass is 422 g/mol. The molecule has 2 aliphatic heterocycles. The molecule has 0 unspecified atom stereocenters. The van der Waals surface area contributed by atoms with Crippen molar-refractivity contribution < 1.29 is 26.4 Å². The molecular weight excluding hydrogens is 397 g/mol. The minimum atomic E-state index is -4.46. The third kappa shape index (κ3) is 4.86. The number of halogens is 3. The number of hydrogen-bond donors (Lipinski definition) is 1. The first kappa shape index (κ1) is 21.1. The van der Waals surface area contributed by atoms with Gasteiger partial charge in [0.05, 0.1) is 24.2 Å². The zero-order valence-electron chi connectivity index (χ0n) is 15.7. The number of H-pyrrole nitrogens is 1. The number of nitrogens with one attached hydrogen (secondary N) is 1. The number of sulfone groups is 1. The summed E-state index contributed by atoms with van der Waals surface area (Å²) in [5, 5.41) is 0. The van der Waals surface area contributed by atoms with Gasteiger partial charge in [-0.1, -0.05) is 0 Å². The summed E-state index contributed by atoms with van der Waals surface area (Å²) in [5.41, 5.74) is -0.865. The van der Waals surface area contributed by atoms with Gasteiger partial charge in [-0.3, -0.25) is 9.69 Å². The van der Waals surface area contributed by atoms with Crippen molar-refractivity contribution in [1.82, 2.24) is 19.8 Å². The van der Waals surface area contributed by atoms with Crippen molar-refractivity contribution in [1.29, 1.82) is 0 Å². The molecule has 1 aromatic rings. The highest BCUT2D eigenvalue weighted by Gasteiger charge is 2.36. The van der Waals surface area contributed by atoms with E-state index in [1.807, 2.05) is 11.8 Å². The van der Waals surface area contributed by atoms with Gasteiger partial charge < -0.3 is 9.88 Å². The number of likely N-dealkylation sites (tertiary alicyclic amines) is 1. The first-order valence-corrected chi connectivity index (χ1v) is 11.3. The highest BCUT2D eigenvalue weighted by atomic mass is 32.2. The lowest BCUT2D eigenvalue weighted by Crippen LogP contribution is -2.48. The number of aromatic nitrogens is 2. The van der Waals surface area contributed by atoms with Crippen LogP contribution in [0.5, 0.6) is 0 Å². The maximum Gasteiger partial charge on any atom is 0.432 e. The molecule has 2 aliphatic rings. The Morgan fingerprint density at radius 2 is 2.14 bits per heavy atom. The third-order valence-corrected chi connectivity index (χ3v) is 7.21. The fraction of sp³-hybridized carbons (Fsp3) is 0.765. The molecule has 2 fully saturated rings. The van der Waals surface area contributed by atoms with E-state index < -0.39 is 21.7 Å². The number of imidazole rings is 1. The predicted molar refractivity (Wildman–Crippen MR) is 96.5 cm³/mol. The molecule has 11 heteroatoms. The first-order chi connectivity index (χ1) is 13.1. The molecule has 7 nitrogen and oxygen atoms in total. The van der Waals surface area contributed by atoms with Crippen molar-refractivity contribution >= 4 is 15.7 Å². The number of carbonyl (C=O) groups excluding carboxylic acids is 1. The van der Waals surface area contributed by atoms with Crippen LogP contribution in [-0.4, -0.2) is 77.8 Å². The molecular formula is C17H25F3N4O3S. The highest BCUT2D eigenvalue weighted by Crippen LogP contribution is 2.31. The maximum absolute atomic E-state index is 12.8. The van der Waals surface area contributed by atoms with Gasteiger partial charge in [0.1, 0.15) is 11.5 Å². The summed E-state index contributed by atoms with van der Waals surface area (Å²) in [6.07, 6.45) is -1.74. The quantitative estimate of drug-likeness (QED) is 0.780.